The topological polar surface area (TPSA) is 87.1 Å². The minimum absolute atomic E-state index is 0.0583. The lowest BCUT2D eigenvalue weighted by molar-refractivity contribution is 0.586. The van der Waals surface area contributed by atoms with E-state index < -0.39 is 15.7 Å². The molecule has 0 aliphatic rings. The van der Waals surface area contributed by atoms with Gasteiger partial charge in [-0.2, -0.15) is 3.97 Å². The van der Waals surface area contributed by atoms with Crippen molar-refractivity contribution in [3.63, 3.8) is 0 Å². The second-order valence-corrected chi connectivity index (χ2v) is 7.04. The molecule has 2 aromatic carbocycles. The van der Waals surface area contributed by atoms with Crippen LogP contribution < -0.4 is 11.4 Å². The van der Waals surface area contributed by atoms with E-state index in [1.807, 2.05) is 0 Å². The SMILES string of the molecule is Cn1c(=O)n(S(=O)(=O)c2cccc(Cl)c2)c2cc(N)ccc21. The van der Waals surface area contributed by atoms with Gasteiger partial charge in [0.1, 0.15) is 0 Å². The fraction of sp³-hybridized carbons (Fsp3) is 0.0714. The van der Waals surface area contributed by atoms with Crippen molar-refractivity contribution in [1.82, 2.24) is 8.54 Å². The molecule has 0 radical (unpaired) electrons. The van der Waals surface area contributed by atoms with E-state index in [9.17, 15) is 13.2 Å². The normalized spacial score (nSPS) is 11.9. The second kappa shape index (κ2) is 4.89. The van der Waals surface area contributed by atoms with E-state index in [1.54, 1.807) is 18.2 Å². The van der Waals surface area contributed by atoms with Gasteiger partial charge in [0.2, 0.25) is 0 Å². The summed E-state index contributed by atoms with van der Waals surface area (Å²) in [5.41, 5.74) is 6.13. The monoisotopic (exact) mass is 337 g/mol. The number of aromatic nitrogens is 2. The van der Waals surface area contributed by atoms with E-state index in [0.29, 0.717) is 11.2 Å². The number of nitrogens with two attached hydrogens (primary N) is 1. The van der Waals surface area contributed by atoms with Gasteiger partial charge in [-0.05, 0) is 36.4 Å². The molecule has 8 heteroatoms. The quantitative estimate of drug-likeness (QED) is 0.722. The van der Waals surface area contributed by atoms with Gasteiger partial charge in [-0.15, -0.1) is 0 Å². The molecule has 6 nitrogen and oxygen atoms in total. The minimum Gasteiger partial charge on any atom is -0.399 e. The van der Waals surface area contributed by atoms with Crippen molar-refractivity contribution >= 4 is 38.3 Å². The van der Waals surface area contributed by atoms with Crippen LogP contribution in [0.4, 0.5) is 5.69 Å². The van der Waals surface area contributed by atoms with E-state index >= 15 is 0 Å². The van der Waals surface area contributed by atoms with Crippen LogP contribution in [-0.4, -0.2) is 17.0 Å². The summed E-state index contributed by atoms with van der Waals surface area (Å²) < 4.78 is 27.6. The van der Waals surface area contributed by atoms with Gasteiger partial charge in [-0.25, -0.2) is 13.2 Å². The van der Waals surface area contributed by atoms with Crippen LogP contribution in [-0.2, 0) is 17.1 Å². The van der Waals surface area contributed by atoms with E-state index in [4.69, 9.17) is 17.3 Å². The Labute approximate surface area is 131 Å². The molecule has 0 saturated carbocycles. The molecule has 0 fully saturated rings. The molecule has 1 aromatic heterocycles. The summed E-state index contributed by atoms with van der Waals surface area (Å²) in [5.74, 6) is 0. The Kier molecular flexibility index (Phi) is 3.26. The van der Waals surface area contributed by atoms with Crippen LogP contribution in [0, 0.1) is 0 Å². The molecule has 0 aliphatic carbocycles. The molecule has 0 saturated heterocycles. The van der Waals surface area contributed by atoms with Crippen LogP contribution in [0.25, 0.3) is 11.0 Å². The first-order chi connectivity index (χ1) is 10.3. The number of benzene rings is 2. The summed E-state index contributed by atoms with van der Waals surface area (Å²) in [5, 5.41) is 0.272. The Hall–Kier alpha value is -2.25. The third-order valence-corrected chi connectivity index (χ3v) is 5.29. The maximum atomic E-state index is 12.8. The third kappa shape index (κ3) is 2.10. The van der Waals surface area contributed by atoms with E-state index in [1.165, 1.54) is 35.9 Å². The van der Waals surface area contributed by atoms with E-state index in [2.05, 4.69) is 0 Å². The van der Waals surface area contributed by atoms with Crippen LogP contribution in [0.5, 0.6) is 0 Å². The lowest BCUT2D eigenvalue weighted by atomic mass is 10.3. The lowest BCUT2D eigenvalue weighted by Gasteiger charge is -2.06. The van der Waals surface area contributed by atoms with Crippen molar-refractivity contribution in [3.05, 3.63) is 58.0 Å². The fourth-order valence-electron chi connectivity index (χ4n) is 2.29. The Bertz CT molecular complexity index is 1050. The zero-order valence-electron chi connectivity index (χ0n) is 11.5. The Morgan fingerprint density at radius 3 is 2.50 bits per heavy atom. The highest BCUT2D eigenvalue weighted by molar-refractivity contribution is 7.90. The molecule has 0 aliphatic heterocycles. The summed E-state index contributed by atoms with van der Waals surface area (Å²) in [4.78, 5) is 12.3. The highest BCUT2D eigenvalue weighted by atomic mass is 35.5. The standard InChI is InChI=1S/C14H12ClN3O3S/c1-17-12-6-5-10(16)8-13(12)18(14(17)19)22(20,21)11-4-2-3-9(15)7-11/h2-8H,16H2,1H3. The molecule has 3 aromatic rings. The molecule has 22 heavy (non-hydrogen) atoms. The molecule has 0 atom stereocenters. The molecule has 0 unspecified atom stereocenters. The number of nitrogens with zero attached hydrogens (tertiary/aromatic N) is 2. The molecule has 0 bridgehead atoms. The Balaban J connectivity index is 2.42. The summed E-state index contributed by atoms with van der Waals surface area (Å²) in [6.45, 7) is 0. The number of rotatable bonds is 2. The molecule has 1 heterocycles. The van der Waals surface area contributed by atoms with Gasteiger partial charge < -0.3 is 5.73 Å². The lowest BCUT2D eigenvalue weighted by Crippen LogP contribution is -2.28. The van der Waals surface area contributed by atoms with Gasteiger partial charge in [-0.3, -0.25) is 4.57 Å². The number of aryl methyl sites for hydroxylation is 1. The van der Waals surface area contributed by atoms with Crippen LogP contribution in [0.3, 0.4) is 0 Å². The number of anilines is 1. The first-order valence-corrected chi connectivity index (χ1v) is 8.12. The fourth-order valence-corrected chi connectivity index (χ4v) is 4.02. The first-order valence-electron chi connectivity index (χ1n) is 6.30. The van der Waals surface area contributed by atoms with E-state index in [0.717, 1.165) is 3.97 Å². The molecular formula is C14H12ClN3O3S. The molecule has 114 valence electrons. The van der Waals surface area contributed by atoms with Crippen molar-refractivity contribution in [2.24, 2.45) is 7.05 Å². The van der Waals surface area contributed by atoms with Gasteiger partial charge in [0.25, 0.3) is 10.0 Å². The van der Waals surface area contributed by atoms with Gasteiger partial charge in [-0.1, -0.05) is 17.7 Å². The Morgan fingerprint density at radius 1 is 1.09 bits per heavy atom. The Morgan fingerprint density at radius 2 is 1.82 bits per heavy atom. The predicted octanol–water partition coefficient (Wildman–Crippen LogP) is 1.81. The van der Waals surface area contributed by atoms with Gasteiger partial charge in [0.15, 0.2) is 0 Å². The zero-order chi connectivity index (χ0) is 16.1. The number of halogens is 1. The minimum atomic E-state index is -4.07. The van der Waals surface area contributed by atoms with Gasteiger partial charge >= 0.3 is 5.69 Å². The number of nitrogen functional groups attached to an aromatic ring is 1. The second-order valence-electron chi connectivity index (χ2n) is 4.82. The maximum Gasteiger partial charge on any atom is 0.343 e. The first kappa shape index (κ1) is 14.7. The number of fused-ring (bicyclic) bond motifs is 1. The van der Waals surface area contributed by atoms with Crippen LogP contribution in [0.15, 0.2) is 52.2 Å². The summed E-state index contributed by atoms with van der Waals surface area (Å²) in [6, 6.07) is 10.4. The van der Waals surface area contributed by atoms with Crippen molar-refractivity contribution in [2.75, 3.05) is 5.73 Å². The largest absolute Gasteiger partial charge is 0.399 e. The molecule has 2 N–H and O–H groups in total. The summed E-state index contributed by atoms with van der Waals surface area (Å²) in [7, 11) is -2.57. The molecule has 0 spiro atoms. The predicted molar refractivity (Wildman–Crippen MR) is 85.6 cm³/mol. The van der Waals surface area contributed by atoms with E-state index in [-0.39, 0.29) is 15.4 Å². The smallest absolute Gasteiger partial charge is 0.343 e. The highest BCUT2D eigenvalue weighted by Crippen LogP contribution is 2.22. The zero-order valence-corrected chi connectivity index (χ0v) is 13.1. The summed E-state index contributed by atoms with van der Waals surface area (Å²) >= 11 is 5.85. The number of hydrogen-bond donors (Lipinski definition) is 1. The average molecular weight is 338 g/mol. The van der Waals surface area contributed by atoms with Crippen molar-refractivity contribution in [1.29, 1.82) is 0 Å². The van der Waals surface area contributed by atoms with Crippen molar-refractivity contribution < 1.29 is 8.42 Å². The van der Waals surface area contributed by atoms with Crippen LogP contribution in [0.2, 0.25) is 5.02 Å². The van der Waals surface area contributed by atoms with Gasteiger partial charge in [0, 0.05) is 17.8 Å². The van der Waals surface area contributed by atoms with Crippen LogP contribution in [0.1, 0.15) is 0 Å². The number of hydrogen-bond acceptors (Lipinski definition) is 4. The third-order valence-electron chi connectivity index (χ3n) is 3.37. The average Bonchev–Trinajstić information content (AvgIpc) is 2.70. The van der Waals surface area contributed by atoms with Crippen molar-refractivity contribution in [3.8, 4) is 0 Å². The van der Waals surface area contributed by atoms with Crippen molar-refractivity contribution in [2.45, 2.75) is 4.90 Å². The highest BCUT2D eigenvalue weighted by Gasteiger charge is 2.24. The summed E-state index contributed by atoms with van der Waals surface area (Å²) in [6.07, 6.45) is 0. The molecule has 3 rings (SSSR count). The molecular weight excluding hydrogens is 326 g/mol. The number of imidazole rings is 1. The maximum absolute atomic E-state index is 12.8. The molecule has 0 amide bonds. The van der Waals surface area contributed by atoms with Crippen LogP contribution >= 0.6 is 11.6 Å². The van der Waals surface area contributed by atoms with Gasteiger partial charge in [0.05, 0.1) is 15.9 Å².